The molecule has 1 aromatic rings. The topological polar surface area (TPSA) is 64.9 Å². The molecule has 0 saturated heterocycles. The third kappa shape index (κ3) is 0.747. The fourth-order valence-electron chi connectivity index (χ4n) is 0.244. The summed E-state index contributed by atoms with van der Waals surface area (Å²) in [5, 5.41) is 6.59. The van der Waals surface area contributed by atoms with Crippen LogP contribution in [-0.4, -0.2) is 10.4 Å². The van der Waals surface area contributed by atoms with Crippen LogP contribution in [0.4, 0.5) is 0 Å². The summed E-state index contributed by atoms with van der Waals surface area (Å²) >= 11 is 0. The third-order valence-electron chi connectivity index (χ3n) is 0.548. The first-order chi connectivity index (χ1) is 3.43. The molecule has 1 rings (SSSR count). The molecule has 7 heavy (non-hydrogen) atoms. The molecule has 0 amide bonds. The van der Waals surface area contributed by atoms with Crippen molar-refractivity contribution in [2.24, 2.45) is 5.73 Å². The lowest BCUT2D eigenvalue weighted by Gasteiger charge is -1.72. The van der Waals surface area contributed by atoms with E-state index in [1.165, 1.54) is 12.8 Å². The molecule has 0 aliphatic rings. The molecule has 0 aliphatic heterocycles. The Labute approximate surface area is 40.3 Å². The van der Waals surface area contributed by atoms with Gasteiger partial charge in [0.2, 0.25) is 0 Å². The van der Waals surface area contributed by atoms with E-state index >= 15 is 0 Å². The predicted octanol–water partition coefficient (Wildman–Crippen LogP) is -0.462. The minimum atomic E-state index is 0.556. The fraction of sp³-hybridized carbons (Fsp3) is 0. The van der Waals surface area contributed by atoms with E-state index in [4.69, 9.17) is 5.73 Å². The van der Waals surface area contributed by atoms with Crippen molar-refractivity contribution in [1.82, 2.24) is 10.4 Å². The van der Waals surface area contributed by atoms with Crippen LogP contribution < -0.4 is 5.73 Å². The summed E-state index contributed by atoms with van der Waals surface area (Å²) in [7, 11) is 0. The zero-order valence-corrected chi connectivity index (χ0v) is 3.53. The van der Waals surface area contributed by atoms with E-state index in [9.17, 15) is 0 Å². The van der Waals surface area contributed by atoms with E-state index in [0.29, 0.717) is 5.69 Å². The highest BCUT2D eigenvalue weighted by Crippen LogP contribution is 1.87. The molecule has 0 aromatic carbocycles. The van der Waals surface area contributed by atoms with E-state index in [2.05, 4.69) is 14.9 Å². The maximum Gasteiger partial charge on any atom is 0.149 e. The van der Waals surface area contributed by atoms with Gasteiger partial charge in [-0.3, -0.25) is 0 Å². The highest BCUT2D eigenvalue weighted by Gasteiger charge is 1.88. The molecule has 1 heterocycles. The monoisotopic (exact) mass is 98.0 g/mol. The van der Waals surface area contributed by atoms with Gasteiger partial charge in [0.1, 0.15) is 12.0 Å². The van der Waals surface area contributed by atoms with Crippen LogP contribution in [0.5, 0.6) is 0 Å². The van der Waals surface area contributed by atoms with Crippen molar-refractivity contribution in [3.05, 3.63) is 18.5 Å². The second-order valence-corrected chi connectivity index (χ2v) is 0.996. The Morgan fingerprint density at radius 1 is 1.86 bits per heavy atom. The molecule has 0 aliphatic carbocycles. The van der Waals surface area contributed by atoms with Crippen molar-refractivity contribution < 1.29 is 4.52 Å². The van der Waals surface area contributed by atoms with Gasteiger partial charge in [0.05, 0.1) is 6.54 Å². The summed E-state index contributed by atoms with van der Waals surface area (Å²) in [6.45, 7) is 1.32. The zero-order valence-electron chi connectivity index (χ0n) is 3.53. The Morgan fingerprint density at radius 3 is 3.00 bits per heavy atom. The van der Waals surface area contributed by atoms with Crippen LogP contribution in [0.15, 0.2) is 10.8 Å². The highest BCUT2D eigenvalue weighted by molar-refractivity contribution is 4.98. The van der Waals surface area contributed by atoms with Crippen LogP contribution in [0.2, 0.25) is 0 Å². The second-order valence-electron chi connectivity index (χ2n) is 0.996. The summed E-state index contributed by atoms with van der Waals surface area (Å²) in [6, 6.07) is 0. The van der Waals surface area contributed by atoms with E-state index in [-0.39, 0.29) is 0 Å². The van der Waals surface area contributed by atoms with Gasteiger partial charge in [-0.2, -0.15) is 0 Å². The van der Waals surface area contributed by atoms with E-state index < -0.39 is 0 Å². The molecular formula is C3H4N3O. The number of hydrogen-bond acceptors (Lipinski definition) is 4. The zero-order chi connectivity index (χ0) is 5.11. The second kappa shape index (κ2) is 1.70. The van der Waals surface area contributed by atoms with Crippen molar-refractivity contribution in [1.29, 1.82) is 0 Å². The van der Waals surface area contributed by atoms with Crippen molar-refractivity contribution in [3.8, 4) is 0 Å². The van der Waals surface area contributed by atoms with Gasteiger partial charge in [-0.1, -0.05) is 0 Å². The first kappa shape index (κ1) is 4.26. The van der Waals surface area contributed by atoms with E-state index in [1.54, 1.807) is 0 Å². The molecule has 0 saturated carbocycles. The van der Waals surface area contributed by atoms with Crippen molar-refractivity contribution in [2.45, 2.75) is 0 Å². The lowest BCUT2D eigenvalue weighted by atomic mass is 10.5. The van der Waals surface area contributed by atoms with E-state index in [0.717, 1.165) is 0 Å². The molecule has 1 aromatic heterocycles. The summed E-state index contributed by atoms with van der Waals surface area (Å²) in [4.78, 5) is 0. The maximum atomic E-state index is 5.01. The summed E-state index contributed by atoms with van der Waals surface area (Å²) in [5.41, 5.74) is 5.56. The van der Waals surface area contributed by atoms with Crippen LogP contribution >= 0.6 is 0 Å². The van der Waals surface area contributed by atoms with Crippen LogP contribution in [0.1, 0.15) is 5.69 Å². The van der Waals surface area contributed by atoms with Crippen LogP contribution in [0, 0.1) is 6.54 Å². The first-order valence-electron chi connectivity index (χ1n) is 1.75. The lowest BCUT2D eigenvalue weighted by Crippen LogP contribution is -1.91. The third-order valence-corrected chi connectivity index (χ3v) is 0.548. The fourth-order valence-corrected chi connectivity index (χ4v) is 0.244. The number of rotatable bonds is 1. The maximum absolute atomic E-state index is 5.01. The molecule has 0 spiro atoms. The standard InChI is InChI=1S/C3H4N3O/c4-1-3-2-7-6-5-3/h1-2H,4H2. The molecular weight excluding hydrogens is 94.1 g/mol. The smallest absolute Gasteiger partial charge is 0.149 e. The summed E-state index contributed by atoms with van der Waals surface area (Å²) in [6.07, 6.45) is 1.36. The van der Waals surface area contributed by atoms with Crippen LogP contribution in [0.25, 0.3) is 0 Å². The Kier molecular flexibility index (Phi) is 1.04. The number of nitrogens with two attached hydrogens (primary N) is 1. The normalized spacial score (nSPS) is 9.29. The van der Waals surface area contributed by atoms with Gasteiger partial charge in [0, 0.05) is 5.27 Å². The lowest BCUT2D eigenvalue weighted by molar-refractivity contribution is 0.393. The summed E-state index contributed by atoms with van der Waals surface area (Å²) < 4.78 is 4.33. The van der Waals surface area contributed by atoms with Crippen molar-refractivity contribution in [3.63, 3.8) is 0 Å². The molecule has 0 bridgehead atoms. The summed E-state index contributed by atoms with van der Waals surface area (Å²) in [5.74, 6) is 0. The van der Waals surface area contributed by atoms with Crippen LogP contribution in [0.3, 0.4) is 0 Å². The Morgan fingerprint density at radius 2 is 2.71 bits per heavy atom. The molecule has 0 atom stereocenters. The van der Waals surface area contributed by atoms with Gasteiger partial charge in [0.25, 0.3) is 0 Å². The van der Waals surface area contributed by atoms with E-state index in [1.807, 2.05) is 0 Å². The van der Waals surface area contributed by atoms with Gasteiger partial charge in [-0.05, 0) is 0 Å². The molecule has 1 radical (unpaired) electrons. The largest absolute Gasteiger partial charge is 0.345 e. The minimum absolute atomic E-state index is 0.556. The van der Waals surface area contributed by atoms with Crippen molar-refractivity contribution >= 4 is 0 Å². The molecule has 4 nitrogen and oxygen atoms in total. The van der Waals surface area contributed by atoms with Gasteiger partial charge >= 0.3 is 0 Å². The predicted molar refractivity (Wildman–Crippen MR) is 21.9 cm³/mol. The van der Waals surface area contributed by atoms with Crippen LogP contribution in [-0.2, 0) is 0 Å². The van der Waals surface area contributed by atoms with Gasteiger partial charge in [0.15, 0.2) is 0 Å². The molecule has 37 valence electrons. The van der Waals surface area contributed by atoms with Crippen molar-refractivity contribution in [2.75, 3.05) is 0 Å². The average Bonchev–Trinajstić information content (AvgIpc) is 2.14. The Balaban J connectivity index is 2.76. The molecule has 0 unspecified atom stereocenters. The Bertz CT molecular complexity index is 125. The highest BCUT2D eigenvalue weighted by atomic mass is 16.5. The Hall–Kier alpha value is -0.900. The number of hydrogen-bond donors (Lipinski definition) is 1. The van der Waals surface area contributed by atoms with Gasteiger partial charge < -0.3 is 10.3 Å². The molecule has 0 fully saturated rings. The quantitative estimate of drug-likeness (QED) is 0.516. The minimum Gasteiger partial charge on any atom is -0.345 e. The number of nitrogens with zero attached hydrogens (tertiary/aromatic N) is 2. The molecule has 4 heteroatoms. The average molecular weight is 98.1 g/mol. The molecule has 2 N–H and O–H groups in total. The van der Waals surface area contributed by atoms with Gasteiger partial charge in [-0.25, -0.2) is 0 Å². The van der Waals surface area contributed by atoms with Gasteiger partial charge in [-0.15, -0.1) is 5.10 Å². The number of aromatic nitrogens is 2. The first-order valence-corrected chi connectivity index (χ1v) is 1.75. The SMILES string of the molecule is N[CH]c1conn1.